The molecule has 6 nitrogen and oxygen atoms in total. The van der Waals surface area contributed by atoms with Gasteiger partial charge in [-0.15, -0.1) is 11.8 Å². The van der Waals surface area contributed by atoms with Gasteiger partial charge >= 0.3 is 5.63 Å². The topological polar surface area (TPSA) is 69.0 Å². The van der Waals surface area contributed by atoms with Crippen LogP contribution in [0.3, 0.4) is 0 Å². The number of ether oxygens (including phenoxy) is 2. The number of thioether (sulfide) groups is 1. The number of benzene rings is 2. The minimum atomic E-state index is -0.663. The van der Waals surface area contributed by atoms with Crippen molar-refractivity contribution >= 4 is 60.5 Å². The summed E-state index contributed by atoms with van der Waals surface area (Å²) in [6.07, 6.45) is 0. The summed E-state index contributed by atoms with van der Waals surface area (Å²) in [5.74, 6) is 1.70. The summed E-state index contributed by atoms with van der Waals surface area (Å²) in [5, 5.41) is 0.355. The van der Waals surface area contributed by atoms with Gasteiger partial charge in [-0.25, -0.2) is 4.79 Å². The van der Waals surface area contributed by atoms with Crippen LogP contribution in [0, 0.1) is 0 Å². The maximum absolute atomic E-state index is 13.4. The fourth-order valence-corrected chi connectivity index (χ4v) is 6.04. The van der Waals surface area contributed by atoms with Crippen LogP contribution in [0.25, 0.3) is 11.0 Å². The molecule has 1 aliphatic rings. The van der Waals surface area contributed by atoms with E-state index in [2.05, 4.69) is 31.9 Å². The maximum Gasteiger partial charge on any atom is 0.349 e. The highest BCUT2D eigenvalue weighted by Gasteiger charge is 2.35. The van der Waals surface area contributed by atoms with Crippen molar-refractivity contribution < 1.29 is 18.7 Å². The van der Waals surface area contributed by atoms with Gasteiger partial charge in [0, 0.05) is 27.7 Å². The highest BCUT2D eigenvalue weighted by Crippen LogP contribution is 2.43. The van der Waals surface area contributed by atoms with E-state index in [0.29, 0.717) is 33.5 Å². The summed E-state index contributed by atoms with van der Waals surface area (Å²) in [4.78, 5) is 27.7. The first kappa shape index (κ1) is 21.3. The monoisotopic (exact) mass is 553 g/mol. The molecule has 0 radical (unpaired) electrons. The average Bonchev–Trinajstić information content (AvgIpc) is 3.22. The van der Waals surface area contributed by atoms with E-state index in [9.17, 15) is 9.59 Å². The Morgan fingerprint density at radius 3 is 2.70 bits per heavy atom. The van der Waals surface area contributed by atoms with Crippen LogP contribution in [-0.4, -0.2) is 37.3 Å². The summed E-state index contributed by atoms with van der Waals surface area (Å²) in [6.45, 7) is 0.508. The third-order valence-electron chi connectivity index (χ3n) is 4.84. The van der Waals surface area contributed by atoms with Crippen LogP contribution < -0.4 is 15.1 Å². The second-order valence-corrected chi connectivity index (χ2v) is 9.54. The molecule has 0 N–H and O–H groups in total. The van der Waals surface area contributed by atoms with Gasteiger partial charge in [0.05, 0.1) is 18.7 Å². The third-order valence-corrected chi connectivity index (χ3v) is 7.13. The van der Waals surface area contributed by atoms with Gasteiger partial charge in [0.1, 0.15) is 22.4 Å². The standard InChI is InChI=1S/C21H17Br2NO5S/c1-27-13-3-4-17(28-2)14(10-13)20-24(5-6-30-20)19(25)15-8-11-7-12(22)9-16(23)18(11)29-21(15)26/h3-4,7-10,20H,5-6H2,1-2H3. The van der Waals surface area contributed by atoms with Crippen molar-refractivity contribution in [3.05, 3.63) is 66.9 Å². The van der Waals surface area contributed by atoms with Crippen molar-refractivity contribution in [3.63, 3.8) is 0 Å². The van der Waals surface area contributed by atoms with E-state index >= 15 is 0 Å². The molecule has 1 unspecified atom stereocenters. The Balaban J connectivity index is 1.76. The molecule has 2 aromatic carbocycles. The zero-order valence-electron chi connectivity index (χ0n) is 16.1. The minimum Gasteiger partial charge on any atom is -0.497 e. The Morgan fingerprint density at radius 2 is 1.97 bits per heavy atom. The van der Waals surface area contributed by atoms with Crippen LogP contribution in [0.5, 0.6) is 11.5 Å². The Kier molecular flexibility index (Phi) is 6.13. The molecule has 9 heteroatoms. The molecule has 156 valence electrons. The fourth-order valence-electron chi connectivity index (χ4n) is 3.43. The molecule has 1 fully saturated rings. The van der Waals surface area contributed by atoms with Crippen LogP contribution in [0.2, 0.25) is 0 Å². The predicted octanol–water partition coefficient (Wildman–Crippen LogP) is 5.22. The molecule has 1 amide bonds. The number of fused-ring (bicyclic) bond motifs is 1. The lowest BCUT2D eigenvalue weighted by molar-refractivity contribution is 0.0755. The molecule has 3 aromatic rings. The van der Waals surface area contributed by atoms with Crippen LogP contribution in [-0.2, 0) is 0 Å². The van der Waals surface area contributed by atoms with Gasteiger partial charge in [0.15, 0.2) is 5.58 Å². The number of methoxy groups -OCH3 is 2. The SMILES string of the molecule is COc1ccc(OC)c(C2SCCN2C(=O)c2cc3cc(Br)cc(Br)c3oc2=O)c1. The molecule has 4 rings (SSSR count). The lowest BCUT2D eigenvalue weighted by Gasteiger charge is -2.25. The summed E-state index contributed by atoms with van der Waals surface area (Å²) >= 11 is 8.43. The summed E-state index contributed by atoms with van der Waals surface area (Å²) in [6, 6.07) is 10.7. The Labute approximate surface area is 193 Å². The normalized spacial score (nSPS) is 16.1. The first-order valence-electron chi connectivity index (χ1n) is 9.00. The predicted molar refractivity (Wildman–Crippen MR) is 124 cm³/mol. The average molecular weight is 555 g/mol. The van der Waals surface area contributed by atoms with Gasteiger partial charge in [-0.3, -0.25) is 4.79 Å². The molecule has 2 heterocycles. The zero-order chi connectivity index (χ0) is 21.4. The van der Waals surface area contributed by atoms with Gasteiger partial charge in [-0.05, 0) is 52.3 Å². The van der Waals surface area contributed by atoms with Crippen molar-refractivity contribution in [1.82, 2.24) is 4.90 Å². The van der Waals surface area contributed by atoms with E-state index in [1.54, 1.807) is 49.1 Å². The number of halogens is 2. The number of hydrogen-bond acceptors (Lipinski definition) is 6. The van der Waals surface area contributed by atoms with Gasteiger partial charge < -0.3 is 18.8 Å². The molecular formula is C21H17Br2NO5S. The Morgan fingerprint density at radius 1 is 1.17 bits per heavy atom. The highest BCUT2D eigenvalue weighted by atomic mass is 79.9. The van der Waals surface area contributed by atoms with Crippen LogP contribution in [0.15, 0.2) is 54.6 Å². The molecule has 30 heavy (non-hydrogen) atoms. The highest BCUT2D eigenvalue weighted by molar-refractivity contribution is 9.11. The molecule has 1 aromatic heterocycles. The smallest absolute Gasteiger partial charge is 0.349 e. The third kappa shape index (κ3) is 3.86. The molecule has 1 atom stereocenters. The second-order valence-electron chi connectivity index (χ2n) is 6.58. The molecule has 0 bridgehead atoms. The van der Waals surface area contributed by atoms with E-state index in [1.807, 2.05) is 18.2 Å². The molecule has 1 aliphatic heterocycles. The van der Waals surface area contributed by atoms with Crippen molar-refractivity contribution in [2.45, 2.75) is 5.37 Å². The van der Waals surface area contributed by atoms with Gasteiger partial charge in [-0.1, -0.05) is 15.9 Å². The number of carbonyl (C=O) groups is 1. The lowest BCUT2D eigenvalue weighted by atomic mass is 10.1. The molecule has 0 spiro atoms. The van der Waals surface area contributed by atoms with Crippen LogP contribution in [0.4, 0.5) is 0 Å². The number of nitrogens with zero attached hydrogens (tertiary/aromatic N) is 1. The first-order valence-corrected chi connectivity index (χ1v) is 11.6. The van der Waals surface area contributed by atoms with E-state index in [-0.39, 0.29) is 16.8 Å². The summed E-state index contributed by atoms with van der Waals surface area (Å²) in [5.41, 5.74) is 0.565. The van der Waals surface area contributed by atoms with E-state index in [1.165, 1.54) is 0 Å². The zero-order valence-corrected chi connectivity index (χ0v) is 20.1. The van der Waals surface area contributed by atoms with Crippen molar-refractivity contribution in [2.24, 2.45) is 0 Å². The molecule has 0 saturated carbocycles. The van der Waals surface area contributed by atoms with Crippen molar-refractivity contribution in [2.75, 3.05) is 26.5 Å². The number of amides is 1. The van der Waals surface area contributed by atoms with E-state index < -0.39 is 5.63 Å². The van der Waals surface area contributed by atoms with Crippen LogP contribution >= 0.6 is 43.6 Å². The minimum absolute atomic E-state index is 0.00172. The largest absolute Gasteiger partial charge is 0.497 e. The summed E-state index contributed by atoms with van der Waals surface area (Å²) in [7, 11) is 3.18. The number of rotatable bonds is 4. The maximum atomic E-state index is 13.4. The van der Waals surface area contributed by atoms with E-state index in [0.717, 1.165) is 15.8 Å². The Bertz CT molecular complexity index is 1200. The number of carbonyl (C=O) groups excluding carboxylic acids is 1. The van der Waals surface area contributed by atoms with E-state index in [4.69, 9.17) is 13.9 Å². The van der Waals surface area contributed by atoms with Gasteiger partial charge in [0.2, 0.25) is 0 Å². The summed E-state index contributed by atoms with van der Waals surface area (Å²) < 4.78 is 17.8. The Hall–Kier alpha value is -1.97. The molecule has 1 saturated heterocycles. The number of hydrogen-bond donors (Lipinski definition) is 0. The molecule has 0 aliphatic carbocycles. The quantitative estimate of drug-likeness (QED) is 0.412. The van der Waals surface area contributed by atoms with Crippen LogP contribution in [0.1, 0.15) is 21.3 Å². The molecular weight excluding hydrogens is 538 g/mol. The second kappa shape index (κ2) is 8.64. The van der Waals surface area contributed by atoms with Crippen molar-refractivity contribution in [1.29, 1.82) is 0 Å². The lowest BCUT2D eigenvalue weighted by Crippen LogP contribution is -2.33. The van der Waals surface area contributed by atoms with Gasteiger partial charge in [0.25, 0.3) is 5.91 Å². The van der Waals surface area contributed by atoms with Crippen molar-refractivity contribution in [3.8, 4) is 11.5 Å². The first-order chi connectivity index (χ1) is 14.4. The fraction of sp³-hybridized carbons (Fsp3) is 0.238. The van der Waals surface area contributed by atoms with Gasteiger partial charge in [-0.2, -0.15) is 0 Å².